The molecule has 2 aliphatic rings. The smallest absolute Gasteiger partial charge is 0.112 e. The average molecular weight is 294 g/mol. The third kappa shape index (κ3) is 1.98. The molecule has 0 aromatic heterocycles. The number of rotatable bonds is 0. The Morgan fingerprint density at radius 3 is 3.11 bits per heavy atom. The minimum absolute atomic E-state index is 0.366. The molecule has 3 rings (SSSR count). The SMILES string of the molecule is CSC1=Nc2ccc(C)cc2C(=S)N2CSCC12. The topological polar surface area (TPSA) is 15.6 Å². The van der Waals surface area contributed by atoms with Crippen LogP contribution < -0.4 is 0 Å². The summed E-state index contributed by atoms with van der Waals surface area (Å²) in [6.07, 6.45) is 2.10. The van der Waals surface area contributed by atoms with Crippen molar-refractivity contribution < 1.29 is 0 Å². The quantitative estimate of drug-likeness (QED) is 0.681. The molecule has 0 bridgehead atoms. The van der Waals surface area contributed by atoms with Gasteiger partial charge in [-0.1, -0.05) is 23.8 Å². The van der Waals surface area contributed by atoms with E-state index in [1.54, 1.807) is 11.8 Å². The molecule has 0 N–H and O–H groups in total. The third-order valence-corrected chi connectivity index (χ3v) is 5.50. The van der Waals surface area contributed by atoms with E-state index in [1.165, 1.54) is 10.6 Å². The van der Waals surface area contributed by atoms with Crippen LogP contribution in [0.5, 0.6) is 0 Å². The van der Waals surface area contributed by atoms with E-state index in [1.807, 2.05) is 11.8 Å². The van der Waals surface area contributed by atoms with Crippen molar-refractivity contribution in [2.45, 2.75) is 13.0 Å². The van der Waals surface area contributed by atoms with Crippen LogP contribution in [-0.2, 0) is 0 Å². The van der Waals surface area contributed by atoms with E-state index in [0.717, 1.165) is 27.9 Å². The molecule has 1 fully saturated rings. The maximum absolute atomic E-state index is 5.68. The van der Waals surface area contributed by atoms with Crippen molar-refractivity contribution in [3.05, 3.63) is 29.3 Å². The van der Waals surface area contributed by atoms with Crippen molar-refractivity contribution in [3.8, 4) is 0 Å². The molecule has 1 aromatic carbocycles. The summed E-state index contributed by atoms with van der Waals surface area (Å²) in [4.78, 5) is 8.10. The summed E-state index contributed by atoms with van der Waals surface area (Å²) in [6.45, 7) is 2.10. The van der Waals surface area contributed by atoms with Gasteiger partial charge in [0.15, 0.2) is 0 Å². The third-order valence-electron chi connectivity index (χ3n) is 3.25. The molecular formula is C13H14N2S3. The van der Waals surface area contributed by atoms with Crippen LogP contribution in [0.2, 0.25) is 0 Å². The molecule has 18 heavy (non-hydrogen) atoms. The number of benzene rings is 1. The molecule has 94 valence electrons. The summed E-state index contributed by atoms with van der Waals surface area (Å²) < 4.78 is 0. The number of thiocarbonyl (C=S) groups is 1. The lowest BCUT2D eigenvalue weighted by Crippen LogP contribution is -2.39. The number of fused-ring (bicyclic) bond motifs is 2. The van der Waals surface area contributed by atoms with E-state index in [4.69, 9.17) is 17.2 Å². The molecule has 0 spiro atoms. The van der Waals surface area contributed by atoms with Crippen LogP contribution >= 0.6 is 35.7 Å². The first-order valence-corrected chi connectivity index (χ1v) is 8.61. The van der Waals surface area contributed by atoms with Gasteiger partial charge in [-0.15, -0.1) is 23.5 Å². The Balaban J connectivity index is 2.16. The molecule has 1 saturated heterocycles. The number of hydrogen-bond acceptors (Lipinski definition) is 4. The maximum Gasteiger partial charge on any atom is 0.112 e. The second kappa shape index (κ2) is 4.87. The predicted octanol–water partition coefficient (Wildman–Crippen LogP) is 3.45. The van der Waals surface area contributed by atoms with Gasteiger partial charge in [-0.2, -0.15) is 0 Å². The molecule has 0 saturated carbocycles. The highest BCUT2D eigenvalue weighted by Gasteiger charge is 2.34. The lowest BCUT2D eigenvalue weighted by Gasteiger charge is -2.24. The zero-order valence-electron chi connectivity index (χ0n) is 10.3. The fraction of sp³-hybridized carbons (Fsp3) is 0.385. The first-order valence-electron chi connectivity index (χ1n) is 5.82. The standard InChI is InChI=1S/C13H14N2S3/c1-8-3-4-10-9(5-8)13(16)15-7-18-6-11(15)12(14-10)17-2/h3-5,11H,6-7H2,1-2H3. The molecule has 0 radical (unpaired) electrons. The number of hydrogen-bond donors (Lipinski definition) is 0. The van der Waals surface area contributed by atoms with Gasteiger partial charge in [-0.25, -0.2) is 4.99 Å². The van der Waals surface area contributed by atoms with Crippen molar-refractivity contribution in [2.24, 2.45) is 4.99 Å². The highest BCUT2D eigenvalue weighted by Crippen LogP contribution is 2.35. The van der Waals surface area contributed by atoms with Gasteiger partial charge in [0.1, 0.15) is 4.99 Å². The van der Waals surface area contributed by atoms with Crippen molar-refractivity contribution in [1.29, 1.82) is 0 Å². The largest absolute Gasteiger partial charge is 0.343 e. The van der Waals surface area contributed by atoms with Crippen LogP contribution in [0.25, 0.3) is 0 Å². The summed E-state index contributed by atoms with van der Waals surface area (Å²) in [5.74, 6) is 2.07. The van der Waals surface area contributed by atoms with Crippen molar-refractivity contribution in [2.75, 3.05) is 17.9 Å². The van der Waals surface area contributed by atoms with Gasteiger partial charge in [0.25, 0.3) is 0 Å². The van der Waals surface area contributed by atoms with E-state index >= 15 is 0 Å². The Hall–Kier alpha value is -0.520. The van der Waals surface area contributed by atoms with Gasteiger partial charge in [0.2, 0.25) is 0 Å². The number of aliphatic imine (C=N–C) groups is 1. The van der Waals surface area contributed by atoms with Gasteiger partial charge < -0.3 is 4.90 Å². The molecule has 0 amide bonds. The van der Waals surface area contributed by atoms with Gasteiger partial charge in [-0.3, -0.25) is 0 Å². The van der Waals surface area contributed by atoms with Crippen LogP contribution in [0, 0.1) is 6.92 Å². The van der Waals surface area contributed by atoms with Gasteiger partial charge in [-0.05, 0) is 25.3 Å². The maximum atomic E-state index is 5.68. The predicted molar refractivity (Wildman–Crippen MR) is 86.4 cm³/mol. The summed E-state index contributed by atoms with van der Waals surface area (Å²) in [7, 11) is 0. The minimum Gasteiger partial charge on any atom is -0.343 e. The second-order valence-corrected chi connectivity index (χ2v) is 6.68. The Morgan fingerprint density at radius 2 is 2.33 bits per heavy atom. The molecule has 2 heterocycles. The molecule has 1 aromatic rings. The van der Waals surface area contributed by atoms with Gasteiger partial charge in [0.05, 0.1) is 22.6 Å². The van der Waals surface area contributed by atoms with Crippen LogP contribution in [-0.4, -0.2) is 38.9 Å². The Labute approximate surface area is 121 Å². The Kier molecular flexibility index (Phi) is 3.38. The molecule has 1 atom stereocenters. The average Bonchev–Trinajstić information content (AvgIpc) is 2.81. The van der Waals surface area contributed by atoms with Gasteiger partial charge >= 0.3 is 0 Å². The normalized spacial score (nSPS) is 22.3. The Bertz CT molecular complexity index is 539. The highest BCUT2D eigenvalue weighted by atomic mass is 32.2. The lowest BCUT2D eigenvalue weighted by molar-refractivity contribution is 0.499. The second-order valence-electron chi connectivity index (χ2n) is 4.47. The van der Waals surface area contributed by atoms with Gasteiger partial charge in [0, 0.05) is 11.3 Å². The summed E-state index contributed by atoms with van der Waals surface area (Å²) in [5, 5.41) is 1.19. The molecule has 2 nitrogen and oxygen atoms in total. The van der Waals surface area contributed by atoms with E-state index in [9.17, 15) is 0 Å². The van der Waals surface area contributed by atoms with E-state index < -0.39 is 0 Å². The Morgan fingerprint density at radius 1 is 1.50 bits per heavy atom. The summed E-state index contributed by atoms with van der Waals surface area (Å²) in [6, 6.07) is 6.71. The molecule has 2 aliphatic heterocycles. The van der Waals surface area contributed by atoms with Crippen LogP contribution in [0.3, 0.4) is 0 Å². The zero-order chi connectivity index (χ0) is 12.7. The van der Waals surface area contributed by atoms with E-state index in [2.05, 4.69) is 36.3 Å². The number of thioether (sulfide) groups is 2. The van der Waals surface area contributed by atoms with Crippen LogP contribution in [0.4, 0.5) is 5.69 Å². The number of nitrogens with zero attached hydrogens (tertiary/aromatic N) is 2. The van der Waals surface area contributed by atoms with E-state index in [-0.39, 0.29) is 0 Å². The molecular weight excluding hydrogens is 280 g/mol. The molecule has 0 aliphatic carbocycles. The van der Waals surface area contributed by atoms with Crippen molar-refractivity contribution in [1.82, 2.24) is 4.90 Å². The van der Waals surface area contributed by atoms with Crippen molar-refractivity contribution in [3.63, 3.8) is 0 Å². The minimum atomic E-state index is 0.366. The monoisotopic (exact) mass is 294 g/mol. The lowest BCUT2D eigenvalue weighted by atomic mass is 10.1. The fourth-order valence-corrected chi connectivity index (χ4v) is 4.68. The molecule has 1 unspecified atom stereocenters. The first kappa shape index (κ1) is 12.5. The van der Waals surface area contributed by atoms with Crippen LogP contribution in [0.15, 0.2) is 23.2 Å². The summed E-state index contributed by atoms with van der Waals surface area (Å²) in [5.41, 5.74) is 3.37. The highest BCUT2D eigenvalue weighted by molar-refractivity contribution is 8.13. The summed E-state index contributed by atoms with van der Waals surface area (Å²) >= 11 is 9.35. The van der Waals surface area contributed by atoms with Crippen molar-refractivity contribution >= 4 is 51.5 Å². The fourth-order valence-electron chi connectivity index (χ4n) is 2.30. The molecule has 5 heteroatoms. The zero-order valence-corrected chi connectivity index (χ0v) is 12.8. The number of aryl methyl sites for hydroxylation is 1. The van der Waals surface area contributed by atoms with E-state index in [0.29, 0.717) is 6.04 Å². The first-order chi connectivity index (χ1) is 8.70. The van der Waals surface area contributed by atoms with Crippen LogP contribution in [0.1, 0.15) is 11.1 Å².